The van der Waals surface area contributed by atoms with Gasteiger partial charge in [0, 0.05) is 6.54 Å². The minimum Gasteiger partial charge on any atom is -0.462 e. The van der Waals surface area contributed by atoms with E-state index in [2.05, 4.69) is 0 Å². The summed E-state index contributed by atoms with van der Waals surface area (Å²) in [7, 11) is 0. The smallest absolute Gasteiger partial charge is 0.341 e. The summed E-state index contributed by atoms with van der Waals surface area (Å²) in [6, 6.07) is 12.1. The number of halogens is 1. The van der Waals surface area contributed by atoms with Gasteiger partial charge in [0.15, 0.2) is 0 Å². The van der Waals surface area contributed by atoms with Crippen LogP contribution in [0.2, 0.25) is 0 Å². The lowest BCUT2D eigenvalue weighted by molar-refractivity contribution is 0.0478. The third kappa shape index (κ3) is 2.90. The second-order valence-corrected chi connectivity index (χ2v) is 5.28. The molecule has 0 aliphatic carbocycles. The van der Waals surface area contributed by atoms with Gasteiger partial charge in [-0.05, 0) is 30.7 Å². The van der Waals surface area contributed by atoms with Crippen molar-refractivity contribution >= 4 is 17.8 Å². The summed E-state index contributed by atoms with van der Waals surface area (Å²) >= 11 is 0. The second-order valence-electron chi connectivity index (χ2n) is 5.28. The average Bonchev–Trinajstić information content (AvgIpc) is 2.84. The largest absolute Gasteiger partial charge is 0.462 e. The monoisotopic (exact) mass is 327 g/mol. The summed E-state index contributed by atoms with van der Waals surface area (Å²) in [6.45, 7) is 0.122. The van der Waals surface area contributed by atoms with Gasteiger partial charge in [0.25, 0.3) is 11.8 Å². The number of hydrogen-bond donors (Lipinski definition) is 0. The van der Waals surface area contributed by atoms with Gasteiger partial charge in [0.2, 0.25) is 0 Å². The van der Waals surface area contributed by atoms with Gasteiger partial charge < -0.3 is 4.74 Å². The number of carbonyl (C=O) groups is 3. The van der Waals surface area contributed by atoms with Crippen molar-refractivity contribution < 1.29 is 23.5 Å². The minimum atomic E-state index is -0.768. The molecule has 0 radical (unpaired) electrons. The predicted octanol–water partition coefficient (Wildman–Crippen LogP) is 2.67. The molecule has 0 spiro atoms. The molecule has 0 bridgehead atoms. The van der Waals surface area contributed by atoms with E-state index in [1.54, 1.807) is 30.3 Å². The highest BCUT2D eigenvalue weighted by Crippen LogP contribution is 2.22. The van der Waals surface area contributed by atoms with Crippen molar-refractivity contribution in [3.63, 3.8) is 0 Å². The molecule has 0 atom stereocenters. The molecule has 5 nitrogen and oxygen atoms in total. The van der Waals surface area contributed by atoms with Crippen LogP contribution in [0, 0.1) is 5.82 Å². The van der Waals surface area contributed by atoms with Crippen LogP contribution in [0.25, 0.3) is 0 Å². The van der Waals surface area contributed by atoms with E-state index in [0.717, 1.165) is 4.90 Å². The number of carbonyl (C=O) groups excluding carboxylic acids is 3. The van der Waals surface area contributed by atoms with Gasteiger partial charge in [-0.25, -0.2) is 9.18 Å². The van der Waals surface area contributed by atoms with E-state index in [1.807, 2.05) is 0 Å². The molecule has 0 saturated heterocycles. The Labute approximate surface area is 137 Å². The van der Waals surface area contributed by atoms with E-state index < -0.39 is 11.8 Å². The maximum Gasteiger partial charge on any atom is 0.341 e. The Balaban J connectivity index is 1.53. The van der Waals surface area contributed by atoms with Crippen LogP contribution in [-0.2, 0) is 4.74 Å². The highest BCUT2D eigenvalue weighted by molar-refractivity contribution is 6.21. The molecule has 1 aliphatic rings. The van der Waals surface area contributed by atoms with E-state index in [9.17, 15) is 18.8 Å². The normalized spacial score (nSPS) is 13.1. The van der Waals surface area contributed by atoms with Gasteiger partial charge in [-0.15, -0.1) is 0 Å². The maximum atomic E-state index is 13.5. The zero-order valence-corrected chi connectivity index (χ0v) is 12.7. The van der Waals surface area contributed by atoms with Crippen LogP contribution in [-0.4, -0.2) is 35.8 Å². The molecule has 6 heteroatoms. The molecule has 24 heavy (non-hydrogen) atoms. The summed E-state index contributed by atoms with van der Waals surface area (Å²) in [5.41, 5.74) is 0.620. The molecule has 2 amide bonds. The van der Waals surface area contributed by atoms with Gasteiger partial charge in [0.05, 0.1) is 23.3 Å². The zero-order chi connectivity index (χ0) is 17.1. The van der Waals surface area contributed by atoms with Gasteiger partial charge in [-0.2, -0.15) is 0 Å². The highest BCUT2D eigenvalue weighted by Gasteiger charge is 2.34. The lowest BCUT2D eigenvalue weighted by Crippen LogP contribution is -2.31. The van der Waals surface area contributed by atoms with Gasteiger partial charge in [-0.3, -0.25) is 14.5 Å². The first-order valence-corrected chi connectivity index (χ1v) is 7.46. The fraction of sp³-hybridized carbons (Fsp3) is 0.167. The van der Waals surface area contributed by atoms with Crippen LogP contribution in [0.5, 0.6) is 0 Å². The first-order chi connectivity index (χ1) is 11.6. The average molecular weight is 327 g/mol. The SMILES string of the molecule is O=C(OCCCN1C(=O)c2ccccc2C1=O)c1ccccc1F. The Morgan fingerprint density at radius 1 is 0.958 bits per heavy atom. The topological polar surface area (TPSA) is 63.7 Å². The quantitative estimate of drug-likeness (QED) is 0.481. The van der Waals surface area contributed by atoms with Gasteiger partial charge in [0.1, 0.15) is 5.82 Å². The van der Waals surface area contributed by atoms with Crippen molar-refractivity contribution in [2.75, 3.05) is 13.2 Å². The summed E-state index contributed by atoms with van der Waals surface area (Å²) in [6.07, 6.45) is 0.283. The molecule has 0 aromatic heterocycles. The molecule has 2 aromatic carbocycles. The fourth-order valence-electron chi connectivity index (χ4n) is 2.53. The molecular weight excluding hydrogens is 313 g/mol. The van der Waals surface area contributed by atoms with Gasteiger partial charge in [-0.1, -0.05) is 24.3 Å². The Hall–Kier alpha value is -3.02. The Kier molecular flexibility index (Phi) is 4.37. The van der Waals surface area contributed by atoms with Crippen LogP contribution in [0.1, 0.15) is 37.5 Å². The molecule has 1 aliphatic heterocycles. The van der Waals surface area contributed by atoms with E-state index in [1.165, 1.54) is 18.2 Å². The summed E-state index contributed by atoms with van der Waals surface area (Å²) in [5.74, 6) is -2.12. The molecular formula is C18H14FNO4. The van der Waals surface area contributed by atoms with Crippen molar-refractivity contribution in [1.29, 1.82) is 0 Å². The third-order valence-electron chi connectivity index (χ3n) is 3.73. The number of ether oxygens (including phenoxy) is 1. The molecule has 1 heterocycles. The van der Waals surface area contributed by atoms with Crippen molar-refractivity contribution in [1.82, 2.24) is 4.90 Å². The summed E-state index contributed by atoms with van der Waals surface area (Å²) in [5, 5.41) is 0. The third-order valence-corrected chi connectivity index (χ3v) is 3.73. The predicted molar refractivity (Wildman–Crippen MR) is 83.1 cm³/mol. The molecule has 0 unspecified atom stereocenters. The second kappa shape index (κ2) is 6.62. The fourth-order valence-corrected chi connectivity index (χ4v) is 2.53. The Morgan fingerprint density at radius 2 is 1.54 bits per heavy atom. The summed E-state index contributed by atoms with van der Waals surface area (Å²) < 4.78 is 18.4. The molecule has 122 valence electrons. The van der Waals surface area contributed by atoms with E-state index in [-0.39, 0.29) is 37.0 Å². The number of benzene rings is 2. The Morgan fingerprint density at radius 3 is 2.17 bits per heavy atom. The number of rotatable bonds is 5. The van der Waals surface area contributed by atoms with Crippen LogP contribution in [0.3, 0.4) is 0 Å². The maximum absolute atomic E-state index is 13.5. The van der Waals surface area contributed by atoms with E-state index >= 15 is 0 Å². The number of imide groups is 1. The molecule has 0 saturated carbocycles. The highest BCUT2D eigenvalue weighted by atomic mass is 19.1. The number of esters is 1. The standard InChI is InChI=1S/C18H14FNO4/c19-15-9-4-3-8-14(15)18(23)24-11-5-10-20-16(21)12-6-1-2-7-13(12)17(20)22/h1-4,6-9H,5,10-11H2. The number of fused-ring (bicyclic) bond motifs is 1. The first kappa shape index (κ1) is 15.9. The van der Waals surface area contributed by atoms with Gasteiger partial charge >= 0.3 is 5.97 Å². The zero-order valence-electron chi connectivity index (χ0n) is 12.7. The number of nitrogens with zero attached hydrogens (tertiary/aromatic N) is 1. The van der Waals surface area contributed by atoms with Crippen molar-refractivity contribution in [2.24, 2.45) is 0 Å². The van der Waals surface area contributed by atoms with Crippen molar-refractivity contribution in [2.45, 2.75) is 6.42 Å². The number of hydrogen-bond acceptors (Lipinski definition) is 4. The van der Waals surface area contributed by atoms with Crippen LogP contribution in [0.15, 0.2) is 48.5 Å². The minimum absolute atomic E-state index is 0.0133. The lowest BCUT2D eigenvalue weighted by atomic mass is 10.1. The Bertz CT molecular complexity index is 783. The van der Waals surface area contributed by atoms with E-state index in [0.29, 0.717) is 11.1 Å². The van der Waals surface area contributed by atoms with Crippen LogP contribution < -0.4 is 0 Å². The van der Waals surface area contributed by atoms with Crippen LogP contribution in [0.4, 0.5) is 4.39 Å². The van der Waals surface area contributed by atoms with E-state index in [4.69, 9.17) is 4.74 Å². The van der Waals surface area contributed by atoms with Crippen molar-refractivity contribution in [3.8, 4) is 0 Å². The molecule has 3 rings (SSSR count). The van der Waals surface area contributed by atoms with Crippen molar-refractivity contribution in [3.05, 3.63) is 71.0 Å². The molecule has 0 fully saturated rings. The lowest BCUT2D eigenvalue weighted by Gasteiger charge is -2.13. The molecule has 0 N–H and O–H groups in total. The molecule has 2 aromatic rings. The first-order valence-electron chi connectivity index (χ1n) is 7.46. The number of amides is 2. The summed E-state index contributed by atoms with van der Waals surface area (Å²) in [4.78, 5) is 37.2. The van der Waals surface area contributed by atoms with Crippen LogP contribution >= 0.6 is 0 Å².